The summed E-state index contributed by atoms with van der Waals surface area (Å²) in [7, 11) is -9.86. The summed E-state index contributed by atoms with van der Waals surface area (Å²) in [6.45, 7) is 0. The van der Waals surface area contributed by atoms with E-state index in [1.807, 2.05) is 0 Å². The topological polar surface area (TPSA) is 217 Å². The van der Waals surface area contributed by atoms with Crippen LogP contribution in [0, 0.1) is 10.1 Å². The fourth-order valence-corrected chi connectivity index (χ4v) is 4.07. The number of fused-ring (bicyclic) bond motifs is 1. The minimum atomic E-state index is -5.01. The van der Waals surface area contributed by atoms with Crippen LogP contribution in [0.3, 0.4) is 0 Å². The number of nitro benzene ring substituents is 1. The molecule has 0 saturated heterocycles. The number of hydrogen-bond acceptors (Lipinski definition) is 10. The second kappa shape index (κ2) is 7.55. The highest BCUT2D eigenvalue weighted by molar-refractivity contribution is 7.86. The second-order valence-corrected chi connectivity index (χ2v) is 8.79. The zero-order chi connectivity index (χ0) is 23.1. The smallest absolute Gasteiger partial charge is 0.296 e. The molecule has 0 aliphatic heterocycles. The maximum Gasteiger partial charge on any atom is 0.296 e. The summed E-state index contributed by atoms with van der Waals surface area (Å²) in [5.41, 5.74) is -1.74. The Labute approximate surface area is 173 Å². The van der Waals surface area contributed by atoms with Gasteiger partial charge in [-0.05, 0) is 23.6 Å². The summed E-state index contributed by atoms with van der Waals surface area (Å²) in [5, 5.41) is 37.4. The van der Waals surface area contributed by atoms with E-state index < -0.39 is 63.2 Å². The van der Waals surface area contributed by atoms with Gasteiger partial charge in [0.2, 0.25) is 0 Å². The number of benzene rings is 3. The number of hydrogen-bond donors (Lipinski definition) is 4. The lowest BCUT2D eigenvalue weighted by Crippen LogP contribution is -2.02. The molecule has 4 N–H and O–H groups in total. The number of azo groups is 1. The highest BCUT2D eigenvalue weighted by Gasteiger charge is 2.26. The first-order valence-corrected chi connectivity index (χ1v) is 10.8. The highest BCUT2D eigenvalue weighted by Crippen LogP contribution is 2.44. The van der Waals surface area contributed by atoms with Crippen molar-refractivity contribution in [3.05, 3.63) is 52.6 Å². The third-order valence-electron chi connectivity index (χ3n) is 4.02. The van der Waals surface area contributed by atoms with Crippen LogP contribution in [0.1, 0.15) is 0 Å². The Bertz CT molecular complexity index is 1480. The van der Waals surface area contributed by atoms with Gasteiger partial charge in [-0.1, -0.05) is 12.1 Å². The molecule has 162 valence electrons. The quantitative estimate of drug-likeness (QED) is 0.185. The van der Waals surface area contributed by atoms with Crippen molar-refractivity contribution in [2.24, 2.45) is 10.2 Å². The first-order chi connectivity index (χ1) is 14.3. The number of phenols is 2. The van der Waals surface area contributed by atoms with Crippen molar-refractivity contribution in [3.8, 4) is 11.5 Å². The van der Waals surface area contributed by atoms with E-state index in [4.69, 9.17) is 0 Å². The average Bonchev–Trinajstić information content (AvgIpc) is 2.65. The Morgan fingerprint density at radius 1 is 0.871 bits per heavy atom. The van der Waals surface area contributed by atoms with Crippen LogP contribution in [0.2, 0.25) is 0 Å². The molecule has 0 aromatic heterocycles. The second-order valence-electron chi connectivity index (χ2n) is 6.01. The molecule has 0 atom stereocenters. The van der Waals surface area contributed by atoms with E-state index in [9.17, 15) is 46.3 Å². The van der Waals surface area contributed by atoms with E-state index >= 15 is 0 Å². The minimum Gasteiger partial charge on any atom is -0.505 e. The monoisotopic (exact) mass is 469 g/mol. The predicted octanol–water partition coefficient (Wildman–Crippen LogP) is 3.07. The largest absolute Gasteiger partial charge is 0.505 e. The molecule has 0 aliphatic carbocycles. The molecule has 0 saturated carbocycles. The van der Waals surface area contributed by atoms with E-state index in [0.29, 0.717) is 0 Å². The van der Waals surface area contributed by atoms with Gasteiger partial charge in [-0.2, -0.15) is 16.8 Å². The summed E-state index contributed by atoms with van der Waals surface area (Å²) in [6.07, 6.45) is 0. The minimum absolute atomic E-state index is 0.169. The van der Waals surface area contributed by atoms with Gasteiger partial charge in [0.1, 0.15) is 26.9 Å². The van der Waals surface area contributed by atoms with Gasteiger partial charge in [0.15, 0.2) is 5.75 Å². The number of nitrogens with zero attached hydrogens (tertiary/aromatic N) is 3. The molecule has 0 aliphatic rings. The molecule has 3 aromatic rings. The normalized spacial score (nSPS) is 12.5. The Kier molecular flexibility index (Phi) is 5.36. The molecular weight excluding hydrogens is 458 g/mol. The molecule has 0 amide bonds. The zero-order valence-electron chi connectivity index (χ0n) is 14.9. The Hall–Kier alpha value is -3.66. The number of phenolic OH excluding ortho intramolecular Hbond substituents is 2. The van der Waals surface area contributed by atoms with E-state index in [0.717, 1.165) is 36.4 Å². The van der Waals surface area contributed by atoms with E-state index in [2.05, 4.69) is 10.2 Å². The maximum atomic E-state index is 11.8. The molecule has 0 spiro atoms. The van der Waals surface area contributed by atoms with Crippen molar-refractivity contribution in [3.63, 3.8) is 0 Å². The van der Waals surface area contributed by atoms with Crippen LogP contribution in [0.15, 0.2) is 62.5 Å². The van der Waals surface area contributed by atoms with Crippen molar-refractivity contribution in [2.45, 2.75) is 9.79 Å². The third kappa shape index (κ3) is 4.29. The molecule has 0 heterocycles. The molecule has 0 fully saturated rings. The Morgan fingerprint density at radius 2 is 1.52 bits per heavy atom. The van der Waals surface area contributed by atoms with Crippen LogP contribution in [0.4, 0.5) is 17.1 Å². The fraction of sp³-hybridized carbons (Fsp3) is 0. The summed E-state index contributed by atoms with van der Waals surface area (Å²) >= 11 is 0. The SMILES string of the molecule is O=[N+]([O-])c1ccc(N=Nc2c(S(=O)(=O)O)cc3cccc(S(=O)(=O)O)c3c2O)c(O)c1. The van der Waals surface area contributed by atoms with Gasteiger partial charge in [0, 0.05) is 11.5 Å². The maximum absolute atomic E-state index is 11.8. The van der Waals surface area contributed by atoms with Crippen LogP contribution >= 0.6 is 0 Å². The van der Waals surface area contributed by atoms with E-state index in [-0.39, 0.29) is 11.1 Å². The summed E-state index contributed by atoms with van der Waals surface area (Å²) < 4.78 is 65.7. The van der Waals surface area contributed by atoms with Gasteiger partial charge in [-0.25, -0.2) is 0 Å². The molecule has 15 heteroatoms. The van der Waals surface area contributed by atoms with Crippen LogP contribution in [0.5, 0.6) is 11.5 Å². The van der Waals surface area contributed by atoms with Gasteiger partial charge < -0.3 is 10.2 Å². The van der Waals surface area contributed by atoms with Crippen molar-refractivity contribution in [1.29, 1.82) is 0 Å². The first kappa shape index (κ1) is 22.0. The molecule has 0 unspecified atom stereocenters. The van der Waals surface area contributed by atoms with Gasteiger partial charge >= 0.3 is 0 Å². The number of rotatable bonds is 5. The van der Waals surface area contributed by atoms with Gasteiger partial charge in [0.25, 0.3) is 25.9 Å². The van der Waals surface area contributed by atoms with Crippen LogP contribution < -0.4 is 0 Å². The van der Waals surface area contributed by atoms with Crippen molar-refractivity contribution in [2.75, 3.05) is 0 Å². The summed E-state index contributed by atoms with van der Waals surface area (Å²) in [4.78, 5) is 8.22. The number of aromatic hydroxyl groups is 2. The lowest BCUT2D eigenvalue weighted by Gasteiger charge is -2.11. The molecule has 3 aromatic carbocycles. The van der Waals surface area contributed by atoms with E-state index in [1.165, 1.54) is 6.07 Å². The third-order valence-corrected chi connectivity index (χ3v) is 5.79. The molecule has 0 bridgehead atoms. The van der Waals surface area contributed by atoms with E-state index in [1.54, 1.807) is 0 Å². The van der Waals surface area contributed by atoms with Gasteiger partial charge in [0.05, 0.1) is 11.0 Å². The Morgan fingerprint density at radius 3 is 2.06 bits per heavy atom. The molecule has 3 rings (SSSR count). The average molecular weight is 469 g/mol. The highest BCUT2D eigenvalue weighted by atomic mass is 32.2. The predicted molar refractivity (Wildman–Crippen MR) is 104 cm³/mol. The van der Waals surface area contributed by atoms with Crippen LogP contribution in [-0.2, 0) is 20.2 Å². The number of nitro groups is 1. The summed E-state index contributed by atoms with van der Waals surface area (Å²) in [6, 6.07) is 6.79. The van der Waals surface area contributed by atoms with Crippen molar-refractivity contribution in [1.82, 2.24) is 0 Å². The molecule has 31 heavy (non-hydrogen) atoms. The zero-order valence-corrected chi connectivity index (χ0v) is 16.6. The lowest BCUT2D eigenvalue weighted by molar-refractivity contribution is -0.384. The van der Waals surface area contributed by atoms with Crippen LogP contribution in [0.25, 0.3) is 10.8 Å². The van der Waals surface area contributed by atoms with Crippen molar-refractivity contribution < 1.29 is 41.1 Å². The van der Waals surface area contributed by atoms with Crippen molar-refractivity contribution >= 4 is 48.1 Å². The van der Waals surface area contributed by atoms with Gasteiger partial charge in [-0.3, -0.25) is 19.2 Å². The fourth-order valence-electron chi connectivity index (χ4n) is 2.69. The van der Waals surface area contributed by atoms with Gasteiger partial charge in [-0.15, -0.1) is 10.2 Å². The molecule has 0 radical (unpaired) electrons. The Balaban J connectivity index is 2.32. The standard InChI is InChI=1S/C16H11N3O10S2/c20-11-7-9(19(22)23)4-5-10(11)17-18-15-13(31(27,28)29)6-8-2-1-3-12(30(24,25)26)14(8)16(15)21/h1-7,20-21H,(H,24,25,26)(H,27,28,29). The van der Waals surface area contributed by atoms with Crippen LogP contribution in [-0.4, -0.2) is 41.1 Å². The first-order valence-electron chi connectivity index (χ1n) is 7.93. The molecular formula is C16H11N3O10S2. The number of non-ortho nitro benzene ring substituents is 1. The molecule has 13 nitrogen and oxygen atoms in total. The lowest BCUT2D eigenvalue weighted by atomic mass is 10.1. The summed E-state index contributed by atoms with van der Waals surface area (Å²) in [5.74, 6) is -1.76.